The molecule has 2 aliphatic rings. The number of anilines is 1. The molecule has 0 aliphatic carbocycles. The summed E-state index contributed by atoms with van der Waals surface area (Å²) in [6, 6.07) is 11.5. The Morgan fingerprint density at radius 1 is 1.02 bits per heavy atom. The lowest BCUT2D eigenvalue weighted by Gasteiger charge is -2.32. The summed E-state index contributed by atoms with van der Waals surface area (Å²) in [4.78, 5) is 45.3. The lowest BCUT2D eigenvalue weighted by Crippen LogP contribution is -2.57. The lowest BCUT2D eigenvalue weighted by atomic mass is 10.1. The van der Waals surface area contributed by atoms with Gasteiger partial charge in [-0.3, -0.25) is 13.9 Å². The molecule has 2 aromatic rings. The molecular formula is C23H27FN4O12P2. The number of benzene rings is 2. The number of carbonyl (C=O) groups is 2. The van der Waals surface area contributed by atoms with Crippen LogP contribution in [0.2, 0.25) is 0 Å². The lowest BCUT2D eigenvalue weighted by molar-refractivity contribution is -0.0655. The summed E-state index contributed by atoms with van der Waals surface area (Å²) in [6.45, 7) is -1.30. The monoisotopic (exact) mass is 632 g/mol. The van der Waals surface area contributed by atoms with E-state index in [1.54, 1.807) is 30.3 Å². The van der Waals surface area contributed by atoms with Crippen LogP contribution in [-0.4, -0.2) is 74.3 Å². The van der Waals surface area contributed by atoms with Crippen molar-refractivity contribution in [2.24, 2.45) is 0 Å². The second kappa shape index (κ2) is 13.4. The number of aliphatic hydroxyl groups excluding tert-OH is 2. The maximum Gasteiger partial charge on any atom is 0.481 e. The number of phosphoric acid groups is 2. The highest BCUT2D eigenvalue weighted by molar-refractivity contribution is 7.61. The van der Waals surface area contributed by atoms with Gasteiger partial charge >= 0.3 is 27.7 Å². The third-order valence-electron chi connectivity index (χ3n) is 5.80. The van der Waals surface area contributed by atoms with Crippen molar-refractivity contribution < 1.29 is 61.2 Å². The Morgan fingerprint density at radius 3 is 2.36 bits per heavy atom. The van der Waals surface area contributed by atoms with E-state index in [9.17, 15) is 43.1 Å². The third-order valence-corrected chi connectivity index (χ3v) is 8.38. The van der Waals surface area contributed by atoms with Gasteiger partial charge in [0.15, 0.2) is 6.23 Å². The highest BCUT2D eigenvalue weighted by Gasteiger charge is 2.48. The van der Waals surface area contributed by atoms with Gasteiger partial charge in [0.25, 0.3) is 0 Å². The molecule has 0 spiro atoms. The van der Waals surface area contributed by atoms with Gasteiger partial charge in [-0.25, -0.2) is 23.1 Å². The Balaban J connectivity index is 1.27. The van der Waals surface area contributed by atoms with Crippen molar-refractivity contribution in [2.45, 2.75) is 37.3 Å². The number of ether oxygens (including phenoxy) is 1. The second-order valence-corrected chi connectivity index (χ2v) is 11.9. The smallest absolute Gasteiger partial charge is 0.387 e. The number of urea groups is 2. The molecule has 4 rings (SSSR count). The zero-order valence-corrected chi connectivity index (χ0v) is 23.2. The van der Waals surface area contributed by atoms with Gasteiger partial charge in [-0.15, -0.1) is 0 Å². The highest BCUT2D eigenvalue weighted by Crippen LogP contribution is 2.60. The van der Waals surface area contributed by atoms with E-state index in [1.165, 1.54) is 18.2 Å². The van der Waals surface area contributed by atoms with Crippen molar-refractivity contribution in [3.63, 3.8) is 0 Å². The summed E-state index contributed by atoms with van der Waals surface area (Å²) < 4.78 is 56.4. The van der Waals surface area contributed by atoms with E-state index in [2.05, 4.69) is 29.3 Å². The number of rotatable bonds is 11. The van der Waals surface area contributed by atoms with Crippen molar-refractivity contribution in [3.8, 4) is 0 Å². The Bertz CT molecular complexity index is 1390. The summed E-state index contributed by atoms with van der Waals surface area (Å²) in [5, 5.41) is 28.1. The van der Waals surface area contributed by atoms with E-state index < -0.39 is 77.4 Å². The molecule has 19 heteroatoms. The van der Waals surface area contributed by atoms with Gasteiger partial charge in [0, 0.05) is 11.9 Å². The minimum atomic E-state index is -5.23. The van der Waals surface area contributed by atoms with E-state index in [0.717, 1.165) is 23.2 Å². The predicted molar refractivity (Wildman–Crippen MR) is 140 cm³/mol. The third kappa shape index (κ3) is 8.65. The first-order valence-corrected chi connectivity index (χ1v) is 15.1. The number of halogens is 1. The molecule has 4 amide bonds. The molecule has 0 bridgehead atoms. The normalized spacial score (nSPS) is 26.6. The van der Waals surface area contributed by atoms with Crippen LogP contribution in [0.1, 0.15) is 5.56 Å². The minimum absolute atomic E-state index is 0.297. The number of aliphatic hydroxyl groups is 2. The molecule has 4 unspecified atom stereocenters. The molecule has 0 aromatic heterocycles. The molecule has 2 aliphatic heterocycles. The first kappa shape index (κ1) is 31.7. The number of nitrogens with zero attached hydrogens (tertiary/aromatic N) is 1. The van der Waals surface area contributed by atoms with Crippen molar-refractivity contribution in [1.29, 1.82) is 0 Å². The quantitative estimate of drug-likeness (QED) is 0.176. The summed E-state index contributed by atoms with van der Waals surface area (Å²) in [6.07, 6.45) is -4.90. The van der Waals surface area contributed by atoms with Gasteiger partial charge in [0.05, 0.1) is 13.2 Å². The van der Waals surface area contributed by atoms with Gasteiger partial charge in [-0.1, -0.05) is 30.3 Å². The van der Waals surface area contributed by atoms with Crippen LogP contribution in [0, 0.1) is 5.82 Å². The van der Waals surface area contributed by atoms with Crippen molar-refractivity contribution >= 4 is 33.4 Å². The fraction of sp³-hybridized carbons (Fsp3) is 0.304. The summed E-state index contributed by atoms with van der Waals surface area (Å²) in [7, 11) is -10.3. The number of amides is 4. The van der Waals surface area contributed by atoms with Crippen LogP contribution in [0.5, 0.6) is 0 Å². The molecule has 0 saturated carbocycles. The van der Waals surface area contributed by atoms with E-state index >= 15 is 0 Å². The zero-order valence-electron chi connectivity index (χ0n) is 21.4. The molecule has 228 valence electrons. The van der Waals surface area contributed by atoms with E-state index in [0.29, 0.717) is 11.3 Å². The van der Waals surface area contributed by atoms with Gasteiger partial charge < -0.3 is 40.7 Å². The molecule has 1 fully saturated rings. The Kier molecular flexibility index (Phi) is 10.1. The van der Waals surface area contributed by atoms with Crippen molar-refractivity contribution in [3.05, 3.63) is 78.3 Å². The highest BCUT2D eigenvalue weighted by atomic mass is 31.3. The number of hydrogen-bond donors (Lipinski definition) is 7. The number of hydrogen-bond acceptors (Lipinski definition) is 10. The topological polar surface area (TPSA) is 225 Å². The predicted octanol–water partition coefficient (Wildman–Crippen LogP) is 1.71. The molecule has 2 aromatic carbocycles. The first-order valence-electron chi connectivity index (χ1n) is 12.1. The fourth-order valence-electron chi connectivity index (χ4n) is 3.80. The van der Waals surface area contributed by atoms with Crippen LogP contribution in [-0.2, 0) is 33.8 Å². The van der Waals surface area contributed by atoms with Crippen LogP contribution in [0.15, 0.2) is 66.9 Å². The number of carbonyl (C=O) groups excluding carboxylic acids is 2. The average molecular weight is 632 g/mol. The largest absolute Gasteiger partial charge is 0.481 e. The Hall–Kier alpha value is -3.21. The van der Waals surface area contributed by atoms with Crippen molar-refractivity contribution in [2.75, 3.05) is 11.9 Å². The maximum atomic E-state index is 13.0. The van der Waals surface area contributed by atoms with Gasteiger partial charge in [-0.05, 0) is 35.9 Å². The molecule has 7 N–H and O–H groups in total. The van der Waals surface area contributed by atoms with Gasteiger partial charge in [0.2, 0.25) is 0 Å². The zero-order chi connectivity index (χ0) is 30.5. The van der Waals surface area contributed by atoms with Crippen LogP contribution in [0.3, 0.4) is 0 Å². The van der Waals surface area contributed by atoms with E-state index in [4.69, 9.17) is 4.74 Å². The Morgan fingerprint density at radius 2 is 1.69 bits per heavy atom. The number of phosphoric ester groups is 2. The fourth-order valence-corrected chi connectivity index (χ4v) is 5.87. The van der Waals surface area contributed by atoms with Crippen LogP contribution < -0.4 is 16.0 Å². The molecule has 2 heterocycles. The summed E-state index contributed by atoms with van der Waals surface area (Å²) in [5.74, 6) is -0.488. The van der Waals surface area contributed by atoms with Crippen molar-refractivity contribution in [1.82, 2.24) is 15.5 Å². The first-order chi connectivity index (χ1) is 19.8. The molecule has 16 nitrogen and oxygen atoms in total. The van der Waals surface area contributed by atoms with Crippen LogP contribution >= 0.6 is 15.6 Å². The Labute approximate surface area is 237 Å². The molecule has 42 heavy (non-hydrogen) atoms. The second-order valence-electron chi connectivity index (χ2n) is 8.90. The standard InChI is InChI=1S/C23H27FN4O12P2/c24-15-6-8-16(9-7-15)25-22(31)26-18-10-11-28(23(32)27-18)21-20(30)19(29)17(39-21)13-38-42(35,36)40-41(33,34)37-12-14-4-2-1-3-5-14/h1-11,17-21,29-30H,12-13H2,(H,27,32)(H,33,34)(H,35,36)(H2,25,26,31)/t17-,18?,19+,20?,21-/m1/s1. The molecular weight excluding hydrogens is 605 g/mol. The summed E-state index contributed by atoms with van der Waals surface area (Å²) >= 11 is 0. The van der Waals surface area contributed by atoms with E-state index in [-0.39, 0.29) is 0 Å². The minimum Gasteiger partial charge on any atom is -0.387 e. The van der Waals surface area contributed by atoms with Crippen LogP contribution in [0.25, 0.3) is 0 Å². The van der Waals surface area contributed by atoms with E-state index in [1.807, 2.05) is 0 Å². The van der Waals surface area contributed by atoms with Gasteiger partial charge in [0.1, 0.15) is 30.3 Å². The molecule has 1 saturated heterocycles. The van der Waals surface area contributed by atoms with Crippen LogP contribution in [0.4, 0.5) is 19.7 Å². The summed E-state index contributed by atoms with van der Waals surface area (Å²) in [5.41, 5.74) is 0.781. The SMILES string of the molecule is O=C(Nc1ccc(F)cc1)NC1C=CN([C@@H]2O[C@H](COP(=O)(O)OP(=O)(O)OCc3ccccc3)[C@H](O)C2O)C(=O)N1. The maximum absolute atomic E-state index is 13.0. The van der Waals surface area contributed by atoms with Gasteiger partial charge in [-0.2, -0.15) is 4.31 Å². The average Bonchev–Trinajstić information content (AvgIpc) is 3.21. The molecule has 7 atom stereocenters. The number of nitrogens with one attached hydrogen (secondary N) is 3. The molecule has 0 radical (unpaired) electrons.